The fraction of sp³-hybridized carbons (Fsp3) is 0.641. The van der Waals surface area contributed by atoms with Crippen LogP contribution in [-0.4, -0.2) is 102 Å². The number of Topliss-reactive ketones (excluding diaryl/α,β-unsaturated/α-hetero) is 2. The van der Waals surface area contributed by atoms with E-state index in [1.54, 1.807) is 6.07 Å². The van der Waals surface area contributed by atoms with Crippen molar-refractivity contribution in [3.05, 3.63) is 116 Å². The topological polar surface area (TPSA) is 186 Å². The molecule has 12 bridgehead atoms. The van der Waals surface area contributed by atoms with Crippen LogP contribution in [0.3, 0.4) is 0 Å². The summed E-state index contributed by atoms with van der Waals surface area (Å²) in [5.74, 6) is 0.288. The molecule has 0 radical (unpaired) electrons. The number of allylic oxidation sites excluding steroid dienone is 8. The number of esters is 1. The Hall–Kier alpha value is -4.63. The van der Waals surface area contributed by atoms with Gasteiger partial charge in [-0.15, -0.1) is 0 Å². The van der Waals surface area contributed by atoms with Gasteiger partial charge < -0.3 is 46.3 Å². The van der Waals surface area contributed by atoms with Crippen LogP contribution in [0.2, 0.25) is 0 Å². The molecule has 0 aromatic heterocycles. The lowest BCUT2D eigenvalue weighted by atomic mass is 9.49. The van der Waals surface area contributed by atoms with Crippen LogP contribution in [0.4, 0.5) is 0 Å². The molecule has 2 saturated heterocycles. The van der Waals surface area contributed by atoms with Crippen molar-refractivity contribution in [1.82, 2.24) is 31.9 Å². The van der Waals surface area contributed by atoms with E-state index in [2.05, 4.69) is 82.3 Å². The van der Waals surface area contributed by atoms with E-state index >= 15 is 14.4 Å². The number of carbonyl (C=O) groups is 3. The van der Waals surface area contributed by atoms with Crippen LogP contribution in [0, 0.1) is 46.8 Å². The van der Waals surface area contributed by atoms with Crippen molar-refractivity contribution in [2.45, 2.75) is 178 Å². The Labute approximate surface area is 455 Å². The van der Waals surface area contributed by atoms with E-state index in [1.807, 2.05) is 26.1 Å². The average molecular weight is 1050 g/mol. The minimum Gasteiger partial charge on any atom is -0.459 e. The average Bonchev–Trinajstić information content (AvgIpc) is 3.64. The number of fused-ring (bicyclic) bond motifs is 5. The standard InChI is InChI=1S/C64H84N6O7/c1-5-69-62-31-41-12-8-11-38-10-6-7-21-61(3)29-37-24-43-25-40(20-23-66-58(43)68-34-37)49-26-45(72)27-50(51(49)33-62)55(52(62)28-48(38)41)76-60(75)64-57(74)54-42(30-61)13-9-14-47(54)56(73)63(64,77-64)32-44(35-71)36(2)15-16-39-19-22-67-59-46(39)17-18-53(65-4)70-59/h8-9,12-14,19,24,31,34,38,40,45,48-53,55,58,65-72H,5-7,10-11,15-18,20-23,25-30,32-33,35H2,1-4H3/b44-36-/t38-,40-,45+,48-,49-,50+,51-,52+,53-,55-,58?,61+,62+,63+,64+/m1/s1. The summed E-state index contributed by atoms with van der Waals surface area (Å²) < 4.78 is 14.2. The van der Waals surface area contributed by atoms with Gasteiger partial charge in [-0.3, -0.25) is 14.9 Å². The number of hydrogen-bond acceptors (Lipinski definition) is 13. The first-order valence-corrected chi connectivity index (χ1v) is 30.0. The van der Waals surface area contributed by atoms with Crippen LogP contribution >= 0.6 is 0 Å². The monoisotopic (exact) mass is 1050 g/mol. The highest BCUT2D eigenvalue weighted by Crippen LogP contribution is 2.63. The number of aliphatic hydroxyl groups is 2. The highest BCUT2D eigenvalue weighted by atomic mass is 16.7. The second-order valence-electron chi connectivity index (χ2n) is 26.2. The molecule has 7 heterocycles. The molecule has 0 amide bonds. The smallest absolute Gasteiger partial charge is 0.350 e. The molecule has 4 fully saturated rings. The first-order valence-electron chi connectivity index (χ1n) is 30.0. The Morgan fingerprint density at radius 3 is 2.71 bits per heavy atom. The number of hydrogen-bond donors (Lipinski definition) is 8. The summed E-state index contributed by atoms with van der Waals surface area (Å²) in [5.41, 5.74) is 4.37. The number of benzene rings is 1. The van der Waals surface area contributed by atoms with E-state index in [-0.39, 0.29) is 77.4 Å². The molecular formula is C64H84N6O7. The molecule has 1 aromatic rings. The minimum atomic E-state index is -2.25. The van der Waals surface area contributed by atoms with Crippen LogP contribution < -0.4 is 31.9 Å². The molecule has 412 valence electrons. The molecule has 12 aliphatic rings. The number of likely N-dealkylation sites (N-methyl/N-ethyl adjacent to an activating group) is 1. The van der Waals surface area contributed by atoms with Crippen molar-refractivity contribution < 1.29 is 34.1 Å². The number of ketones is 2. The second kappa shape index (κ2) is 19.9. The number of nitrogens with one attached hydrogen (secondary N) is 6. The molecule has 8 N–H and O–H groups in total. The Bertz CT molecular complexity index is 2840. The molecule has 13 nitrogen and oxygen atoms in total. The third kappa shape index (κ3) is 8.55. The van der Waals surface area contributed by atoms with Gasteiger partial charge in [0.2, 0.25) is 5.78 Å². The number of rotatable bonds is 9. The quantitative estimate of drug-likeness (QED) is 0.0520. The summed E-state index contributed by atoms with van der Waals surface area (Å²) in [7, 11) is 1.97. The number of ether oxygens (including phenoxy) is 2. The maximum atomic E-state index is 16.4. The van der Waals surface area contributed by atoms with E-state index in [1.165, 1.54) is 27.9 Å². The van der Waals surface area contributed by atoms with Crippen molar-refractivity contribution >= 4 is 17.5 Å². The van der Waals surface area contributed by atoms with Crippen molar-refractivity contribution in [2.75, 3.05) is 33.3 Å². The molecule has 1 spiro atoms. The van der Waals surface area contributed by atoms with Gasteiger partial charge >= 0.3 is 5.97 Å². The zero-order valence-electron chi connectivity index (χ0n) is 46.0. The SMILES string of the molecule is CCN[C@@]12C=C3C=CC[C@H]4CCCC[C@@]5(C)CC6=CNC7NCC[C@H](CC7=C6)[C@H]6C[C@H](O)C[C@@H]([C@@H]6C1)[C@@H](OC(=O)[C@]16O[C@@]1(C/C(CO)=C(\C)CCC1=CCNC7=C1CC[C@H](NC)N7)C(=O)c1cccc(c1C6=O)C5)[C@@H]2C[C@@H]34. The van der Waals surface area contributed by atoms with Gasteiger partial charge in [0.05, 0.1) is 25.0 Å². The number of dihydropyridines is 2. The molecule has 13 heteroatoms. The Morgan fingerprint density at radius 1 is 1.00 bits per heavy atom. The fourth-order valence-corrected chi connectivity index (χ4v) is 18.0. The molecule has 13 rings (SSSR count). The maximum absolute atomic E-state index is 16.4. The molecule has 5 aliphatic carbocycles. The number of carbonyl (C=O) groups excluding carboxylic acids is 3. The third-order valence-corrected chi connectivity index (χ3v) is 21.8. The lowest BCUT2D eigenvalue weighted by molar-refractivity contribution is -0.181. The largest absolute Gasteiger partial charge is 0.459 e. The number of aliphatic hydroxyl groups excluding tert-OH is 2. The van der Waals surface area contributed by atoms with Gasteiger partial charge in [-0.05, 0) is 197 Å². The molecule has 77 heavy (non-hydrogen) atoms. The van der Waals surface area contributed by atoms with E-state index in [0.717, 1.165) is 114 Å². The maximum Gasteiger partial charge on any atom is 0.350 e. The molecule has 1 aromatic carbocycles. The highest BCUT2D eigenvalue weighted by molar-refractivity contribution is 6.33. The molecular weight excluding hydrogens is 965 g/mol. The Kier molecular flexibility index (Phi) is 13.4. The van der Waals surface area contributed by atoms with Crippen LogP contribution in [0.1, 0.15) is 156 Å². The molecule has 15 atom stereocenters. The van der Waals surface area contributed by atoms with Crippen LogP contribution in [-0.2, 0) is 20.7 Å². The molecule has 7 aliphatic heterocycles. The zero-order valence-corrected chi connectivity index (χ0v) is 46.0. The van der Waals surface area contributed by atoms with Crippen molar-refractivity contribution in [1.29, 1.82) is 0 Å². The summed E-state index contributed by atoms with van der Waals surface area (Å²) in [4.78, 5) is 48.6. The Balaban J connectivity index is 0.963. The van der Waals surface area contributed by atoms with Crippen molar-refractivity contribution in [3.63, 3.8) is 0 Å². The van der Waals surface area contributed by atoms with Crippen molar-refractivity contribution in [2.24, 2.45) is 46.8 Å². The summed E-state index contributed by atoms with van der Waals surface area (Å²) >= 11 is 0. The zero-order chi connectivity index (χ0) is 53.0. The van der Waals surface area contributed by atoms with Crippen LogP contribution in [0.15, 0.2) is 99.6 Å². The van der Waals surface area contributed by atoms with Crippen LogP contribution in [0.5, 0.6) is 0 Å². The molecule has 2 saturated carbocycles. The van der Waals surface area contributed by atoms with Crippen LogP contribution in [0.25, 0.3) is 0 Å². The lowest BCUT2D eigenvalue weighted by Gasteiger charge is -2.60. The van der Waals surface area contributed by atoms with Gasteiger partial charge in [-0.1, -0.05) is 80.8 Å². The van der Waals surface area contributed by atoms with E-state index in [4.69, 9.17) is 9.47 Å². The predicted octanol–water partition coefficient (Wildman–Crippen LogP) is 7.79. The van der Waals surface area contributed by atoms with E-state index in [0.29, 0.717) is 43.7 Å². The van der Waals surface area contributed by atoms with E-state index < -0.39 is 46.5 Å². The Morgan fingerprint density at radius 2 is 1.87 bits per heavy atom. The minimum absolute atomic E-state index is 0.0333. The normalized spacial score (nSPS) is 41.0. The van der Waals surface area contributed by atoms with Gasteiger partial charge in [-0.2, -0.15) is 0 Å². The van der Waals surface area contributed by atoms with Gasteiger partial charge in [0.1, 0.15) is 11.9 Å². The van der Waals surface area contributed by atoms with Gasteiger partial charge in [0, 0.05) is 47.7 Å². The van der Waals surface area contributed by atoms with Gasteiger partial charge in [0.25, 0.3) is 5.60 Å². The second-order valence-corrected chi connectivity index (χ2v) is 26.2. The first-order chi connectivity index (χ1) is 37.3. The number of epoxide rings is 1. The van der Waals surface area contributed by atoms with E-state index in [9.17, 15) is 10.2 Å². The summed E-state index contributed by atoms with van der Waals surface area (Å²) in [5, 5.41) is 45.9. The lowest BCUT2D eigenvalue weighted by Crippen LogP contribution is -2.66. The van der Waals surface area contributed by atoms with Crippen molar-refractivity contribution in [3.8, 4) is 0 Å². The molecule has 1 unspecified atom stereocenters. The van der Waals surface area contributed by atoms with Gasteiger partial charge in [0.15, 0.2) is 11.4 Å². The summed E-state index contributed by atoms with van der Waals surface area (Å²) in [6.07, 6.45) is 27.6. The first kappa shape index (κ1) is 51.8. The fourth-order valence-electron chi connectivity index (χ4n) is 18.0. The highest BCUT2D eigenvalue weighted by Gasteiger charge is 2.86. The summed E-state index contributed by atoms with van der Waals surface area (Å²) in [6.45, 7) is 8.49. The van der Waals surface area contributed by atoms with Gasteiger partial charge in [-0.25, -0.2) is 4.79 Å². The third-order valence-electron chi connectivity index (χ3n) is 21.8. The predicted molar refractivity (Wildman–Crippen MR) is 296 cm³/mol. The summed E-state index contributed by atoms with van der Waals surface area (Å²) in [6, 6.07) is 5.65.